The van der Waals surface area contributed by atoms with Crippen molar-refractivity contribution in [2.45, 2.75) is 62.5 Å². The molecule has 208 valence electrons. The lowest BCUT2D eigenvalue weighted by Gasteiger charge is -2.39. The Bertz CT molecular complexity index is 921. The van der Waals surface area contributed by atoms with E-state index in [4.69, 9.17) is 14.6 Å². The third-order valence-corrected chi connectivity index (χ3v) is 8.26. The van der Waals surface area contributed by atoms with Crippen molar-refractivity contribution in [3.63, 3.8) is 0 Å². The quantitative estimate of drug-likeness (QED) is 0.127. The zero-order valence-corrected chi connectivity index (χ0v) is 20.5. The maximum Gasteiger partial charge on any atom is 0.483 e. The predicted octanol–water partition coefficient (Wildman–Crippen LogP) is -3.30. The molecule has 3 amide bonds. The lowest BCUT2D eigenvalue weighted by atomic mass is 10.00. The van der Waals surface area contributed by atoms with E-state index in [2.05, 4.69) is 18.7 Å². The number of ether oxygens (including phenoxy) is 2. The number of phosphoric acid groups is 2. The number of aliphatic hydroxyl groups is 5. The minimum Gasteiger partial charge on any atom is -0.394 e. The summed E-state index contributed by atoms with van der Waals surface area (Å²) in [6.07, 6.45) is -13.2. The summed E-state index contributed by atoms with van der Waals surface area (Å²) in [5.74, 6) is -1.03. The Kier molecular flexibility index (Phi) is 9.29. The number of hydrogen-bond donors (Lipinski definition) is 8. The normalized spacial score (nSPS) is 41.0. The van der Waals surface area contributed by atoms with Gasteiger partial charge in [-0.1, -0.05) is 6.92 Å². The summed E-state index contributed by atoms with van der Waals surface area (Å²) in [6, 6.07) is -0.750. The van der Waals surface area contributed by atoms with Crippen LogP contribution < -0.4 is 5.32 Å². The van der Waals surface area contributed by atoms with E-state index in [9.17, 15) is 48.9 Å². The third kappa shape index (κ3) is 6.86. The summed E-state index contributed by atoms with van der Waals surface area (Å²) in [5, 5.41) is 50.7. The molecule has 3 aliphatic rings. The standard InChI is InChI=1S/C16H28N2O16P2/c1-6-3-18(16(25)17-14(6)24)10-2-7(20)9(31-10)5-30-35(26,27)34-36(28,29)33-15-13(23)12(22)11(21)8(4-19)32-15/h6-13,15,19-23H,2-5H2,1H3,(H,26,27)(H,28,29)(H,17,24,25)/t6?,7-,8+,9+,10+,11+,12-,13+,15+/m0/s1. The van der Waals surface area contributed by atoms with Gasteiger partial charge in [-0.2, -0.15) is 4.31 Å². The fraction of sp³-hybridized carbons (Fsp3) is 0.875. The van der Waals surface area contributed by atoms with Crippen LogP contribution in [-0.2, 0) is 36.8 Å². The number of nitrogens with zero attached hydrogens (tertiary/aromatic N) is 1. The minimum atomic E-state index is -5.53. The first-order chi connectivity index (χ1) is 16.6. The third-order valence-electron chi connectivity index (χ3n) is 5.65. The molecule has 3 aliphatic heterocycles. The van der Waals surface area contributed by atoms with E-state index in [-0.39, 0.29) is 13.0 Å². The van der Waals surface area contributed by atoms with Gasteiger partial charge in [0.2, 0.25) is 5.91 Å². The Morgan fingerprint density at radius 2 is 1.69 bits per heavy atom. The molecule has 8 N–H and O–H groups in total. The molecule has 0 spiro atoms. The van der Waals surface area contributed by atoms with Crippen molar-refractivity contribution in [1.82, 2.24) is 10.2 Å². The van der Waals surface area contributed by atoms with Crippen LogP contribution in [-0.4, -0.2) is 121 Å². The zero-order valence-electron chi connectivity index (χ0n) is 18.7. The molecule has 0 aromatic carbocycles. The monoisotopic (exact) mass is 566 g/mol. The number of imide groups is 1. The molecule has 3 unspecified atom stereocenters. The molecule has 0 saturated carbocycles. The first-order valence-corrected chi connectivity index (χ1v) is 13.6. The van der Waals surface area contributed by atoms with Crippen molar-refractivity contribution in [3.8, 4) is 0 Å². The smallest absolute Gasteiger partial charge is 0.394 e. The van der Waals surface area contributed by atoms with Gasteiger partial charge in [-0.3, -0.25) is 24.1 Å². The highest BCUT2D eigenvalue weighted by atomic mass is 31.3. The van der Waals surface area contributed by atoms with Crippen molar-refractivity contribution in [2.24, 2.45) is 5.92 Å². The van der Waals surface area contributed by atoms with E-state index in [0.717, 1.165) is 4.90 Å². The molecule has 20 heteroatoms. The van der Waals surface area contributed by atoms with Gasteiger partial charge in [-0.15, -0.1) is 0 Å². The van der Waals surface area contributed by atoms with Gasteiger partial charge in [0.15, 0.2) is 6.29 Å². The number of amides is 3. The van der Waals surface area contributed by atoms with E-state index < -0.39 is 95.9 Å². The molecule has 0 aromatic rings. The maximum atomic E-state index is 12.2. The molecule has 36 heavy (non-hydrogen) atoms. The van der Waals surface area contributed by atoms with Crippen molar-refractivity contribution in [2.75, 3.05) is 19.8 Å². The predicted molar refractivity (Wildman–Crippen MR) is 110 cm³/mol. The van der Waals surface area contributed by atoms with Crippen LogP contribution in [0.4, 0.5) is 4.79 Å². The average Bonchev–Trinajstić information content (AvgIpc) is 3.14. The topological polar surface area (TPSA) is 271 Å². The van der Waals surface area contributed by atoms with Gasteiger partial charge in [0.1, 0.15) is 36.7 Å². The lowest BCUT2D eigenvalue weighted by Crippen LogP contribution is -2.58. The van der Waals surface area contributed by atoms with E-state index in [1.165, 1.54) is 0 Å². The van der Waals surface area contributed by atoms with Crippen LogP contribution in [0.15, 0.2) is 0 Å². The summed E-state index contributed by atoms with van der Waals surface area (Å²) in [5.41, 5.74) is 0. The lowest BCUT2D eigenvalue weighted by molar-refractivity contribution is -0.280. The van der Waals surface area contributed by atoms with Crippen molar-refractivity contribution in [1.29, 1.82) is 0 Å². The van der Waals surface area contributed by atoms with E-state index in [1.54, 1.807) is 6.92 Å². The number of phosphoric ester groups is 2. The molecule has 3 fully saturated rings. The molecule has 3 heterocycles. The highest BCUT2D eigenvalue weighted by Gasteiger charge is 2.49. The molecule has 3 saturated heterocycles. The number of carbonyl (C=O) groups is 2. The molecule has 11 atom stereocenters. The Hall–Kier alpha value is -1.08. The Labute approximate surface area is 203 Å². The molecule has 0 aliphatic carbocycles. The number of aliphatic hydroxyl groups excluding tert-OH is 5. The molecule has 0 radical (unpaired) electrons. The summed E-state index contributed by atoms with van der Waals surface area (Å²) >= 11 is 0. The van der Waals surface area contributed by atoms with Gasteiger partial charge >= 0.3 is 21.7 Å². The van der Waals surface area contributed by atoms with Crippen LogP contribution in [0.3, 0.4) is 0 Å². The Morgan fingerprint density at radius 3 is 2.33 bits per heavy atom. The van der Waals surface area contributed by atoms with Gasteiger partial charge in [-0.25, -0.2) is 13.9 Å². The van der Waals surface area contributed by atoms with Gasteiger partial charge in [-0.05, 0) is 0 Å². The maximum absolute atomic E-state index is 12.2. The van der Waals surface area contributed by atoms with Crippen LogP contribution in [0.5, 0.6) is 0 Å². The minimum absolute atomic E-state index is 0.000218. The SMILES string of the molecule is CC1CN([C@H]2C[C@H](O)[C@@H](COP(=O)(O)OP(=O)(O)O[C@H]3O[C@H](CO)[C@@H](O)[C@H](O)[C@H]3O)O2)C(=O)NC1=O. The van der Waals surface area contributed by atoms with Crippen LogP contribution in [0.25, 0.3) is 0 Å². The number of nitrogens with one attached hydrogen (secondary N) is 1. The van der Waals surface area contributed by atoms with Crippen LogP contribution in [0, 0.1) is 5.92 Å². The first-order valence-electron chi connectivity index (χ1n) is 10.6. The molecular formula is C16H28N2O16P2. The summed E-state index contributed by atoms with van der Waals surface area (Å²) in [7, 11) is -10.9. The van der Waals surface area contributed by atoms with E-state index in [0.29, 0.717) is 0 Å². The van der Waals surface area contributed by atoms with Crippen LogP contribution in [0.2, 0.25) is 0 Å². The zero-order chi connectivity index (χ0) is 27.0. The number of carbonyl (C=O) groups excluding carboxylic acids is 2. The fourth-order valence-electron chi connectivity index (χ4n) is 3.69. The van der Waals surface area contributed by atoms with Gasteiger partial charge in [0.25, 0.3) is 0 Å². The first kappa shape index (κ1) is 29.5. The Balaban J connectivity index is 1.54. The largest absolute Gasteiger partial charge is 0.483 e. The molecule has 0 aromatic heterocycles. The Morgan fingerprint density at radius 1 is 1.03 bits per heavy atom. The average molecular weight is 566 g/mol. The van der Waals surface area contributed by atoms with Crippen molar-refractivity contribution < 1.29 is 76.9 Å². The van der Waals surface area contributed by atoms with Gasteiger partial charge < -0.3 is 44.8 Å². The summed E-state index contributed by atoms with van der Waals surface area (Å²) in [4.78, 5) is 44.4. The highest BCUT2D eigenvalue weighted by Crippen LogP contribution is 2.61. The number of rotatable bonds is 9. The highest BCUT2D eigenvalue weighted by molar-refractivity contribution is 7.61. The van der Waals surface area contributed by atoms with Crippen molar-refractivity contribution in [3.05, 3.63) is 0 Å². The second-order valence-electron chi connectivity index (χ2n) is 8.40. The number of hydrogen-bond acceptors (Lipinski definition) is 14. The molecule has 0 bridgehead atoms. The van der Waals surface area contributed by atoms with Crippen LogP contribution in [0.1, 0.15) is 13.3 Å². The summed E-state index contributed by atoms with van der Waals surface area (Å²) in [6.45, 7) is -0.142. The van der Waals surface area contributed by atoms with E-state index >= 15 is 0 Å². The molecule has 18 nitrogen and oxygen atoms in total. The van der Waals surface area contributed by atoms with Gasteiger partial charge in [0.05, 0.1) is 25.2 Å². The molecular weight excluding hydrogens is 538 g/mol. The van der Waals surface area contributed by atoms with Crippen LogP contribution >= 0.6 is 15.6 Å². The second-order valence-corrected chi connectivity index (χ2v) is 11.4. The van der Waals surface area contributed by atoms with Crippen molar-refractivity contribution >= 4 is 27.6 Å². The second kappa shape index (κ2) is 11.3. The van der Waals surface area contributed by atoms with E-state index in [1.807, 2.05) is 0 Å². The molecule has 3 rings (SSSR count). The van der Waals surface area contributed by atoms with Gasteiger partial charge in [0, 0.05) is 13.0 Å². The summed E-state index contributed by atoms with van der Waals surface area (Å²) < 4.78 is 47.9. The number of urea groups is 1. The fourth-order valence-corrected chi connectivity index (χ4v) is 5.85.